The summed E-state index contributed by atoms with van der Waals surface area (Å²) in [5, 5.41) is 14.7. The van der Waals surface area contributed by atoms with Gasteiger partial charge in [0, 0.05) is 16.6 Å². The van der Waals surface area contributed by atoms with Gasteiger partial charge in [0.1, 0.15) is 0 Å². The highest BCUT2D eigenvalue weighted by Gasteiger charge is 2.19. The maximum absolute atomic E-state index is 4.36. The number of aryl methyl sites for hydroxylation is 2. The topological polar surface area (TPSA) is 3.24 Å². The van der Waals surface area contributed by atoms with Gasteiger partial charge in [0.05, 0.1) is 5.70 Å². The normalized spacial score (nSPS) is 11.3. The smallest absolute Gasteiger partial charge is 0.0533 e. The van der Waals surface area contributed by atoms with E-state index >= 15 is 0 Å². The lowest BCUT2D eigenvalue weighted by Crippen LogP contribution is -2.31. The molecule has 0 radical (unpaired) electrons. The van der Waals surface area contributed by atoms with Crippen LogP contribution in [0.25, 0.3) is 77.3 Å². The molecule has 10 aromatic carbocycles. The number of anilines is 2. The summed E-state index contributed by atoms with van der Waals surface area (Å²) in [4.78, 5) is 2.31. The zero-order valence-corrected chi connectivity index (χ0v) is 37.6. The van der Waals surface area contributed by atoms with E-state index < -0.39 is 0 Å². The minimum atomic E-state index is 0.964. The van der Waals surface area contributed by atoms with E-state index in [4.69, 9.17) is 0 Å². The Bertz CT molecular complexity index is 3270. The van der Waals surface area contributed by atoms with Crippen LogP contribution in [0.4, 0.5) is 11.4 Å². The van der Waals surface area contributed by atoms with E-state index in [9.17, 15) is 0 Å². The van der Waals surface area contributed by atoms with Crippen molar-refractivity contribution in [1.29, 1.82) is 0 Å². The maximum atomic E-state index is 4.36. The van der Waals surface area contributed by atoms with Gasteiger partial charge >= 0.3 is 0 Å². The molecule has 1 heteroatoms. The zero-order chi connectivity index (χ0) is 44.3. The van der Waals surface area contributed by atoms with Crippen LogP contribution in [0.3, 0.4) is 0 Å². The summed E-state index contributed by atoms with van der Waals surface area (Å²) < 4.78 is 0. The predicted octanol–water partition coefficient (Wildman–Crippen LogP) is 16.6. The molecule has 0 aliphatic carbocycles. The second-order valence-corrected chi connectivity index (χ2v) is 15.4. The first-order valence-corrected chi connectivity index (χ1v) is 22.1. The first kappa shape index (κ1) is 43.6. The molecule has 0 aromatic heterocycles. The Morgan fingerprint density at radius 1 is 0.444 bits per heavy atom. The number of hydrogen-bond donors (Lipinski definition) is 0. The third kappa shape index (κ3) is 9.25. The van der Waals surface area contributed by atoms with Gasteiger partial charge in [0.15, 0.2) is 0 Å². The zero-order valence-electron chi connectivity index (χ0n) is 37.6. The standard InChI is InChI=1S/C46H35N.C10H8.C4H8.C2H6/c1-5-45(38-17-11-9-13-31(38)3)47(36-15-7-6-8-16-36)37-23-26-39-32(4)43-27-30(2)19-24-42(43)46(44(39)29-37)35-22-25-41-34(28-35)21-20-33-14-10-12-18-40(33)41;1-2-6-10-8-4-3-7-9(10)5-1;1-3-4-2;1-2/h5-29H,1,3H2,2,4H3;1-8H;3-4H,1-2H3;1-2H3/b45-38+;;4-3-;. The summed E-state index contributed by atoms with van der Waals surface area (Å²) in [6.07, 6.45) is 5.95. The molecule has 1 nitrogen and oxygen atoms in total. The molecule has 0 atom stereocenters. The van der Waals surface area contributed by atoms with Crippen LogP contribution >= 0.6 is 0 Å². The predicted molar refractivity (Wildman–Crippen MR) is 281 cm³/mol. The Hall–Kier alpha value is -7.48. The van der Waals surface area contributed by atoms with Gasteiger partial charge in [-0.2, -0.15) is 0 Å². The van der Waals surface area contributed by atoms with E-state index in [0.717, 1.165) is 27.5 Å². The summed E-state index contributed by atoms with van der Waals surface area (Å²) in [6.45, 7) is 21.1. The molecule has 0 fully saturated rings. The average molecular weight is 816 g/mol. The molecule has 0 heterocycles. The lowest BCUT2D eigenvalue weighted by Gasteiger charge is -2.27. The number of benzene rings is 10. The van der Waals surface area contributed by atoms with E-state index in [1.54, 1.807) is 0 Å². The van der Waals surface area contributed by atoms with Crippen LogP contribution in [0.15, 0.2) is 219 Å². The first-order valence-electron chi connectivity index (χ1n) is 22.1. The van der Waals surface area contributed by atoms with Crippen molar-refractivity contribution >= 4 is 77.5 Å². The van der Waals surface area contributed by atoms with E-state index in [1.165, 1.54) is 76.1 Å². The van der Waals surface area contributed by atoms with Crippen molar-refractivity contribution in [2.45, 2.75) is 41.5 Å². The van der Waals surface area contributed by atoms with Crippen LogP contribution < -0.4 is 15.3 Å². The lowest BCUT2D eigenvalue weighted by atomic mass is 9.87. The van der Waals surface area contributed by atoms with Crippen LogP contribution in [0.5, 0.6) is 0 Å². The Balaban J connectivity index is 0.000000315. The molecule has 63 heavy (non-hydrogen) atoms. The summed E-state index contributed by atoms with van der Waals surface area (Å²) in [5.74, 6) is 0. The molecule has 0 aliphatic heterocycles. The van der Waals surface area contributed by atoms with Gasteiger partial charge in [-0.15, -0.1) is 0 Å². The van der Waals surface area contributed by atoms with Gasteiger partial charge in [-0.3, -0.25) is 0 Å². The van der Waals surface area contributed by atoms with Crippen LogP contribution in [-0.4, -0.2) is 0 Å². The third-order valence-corrected chi connectivity index (χ3v) is 11.6. The number of fused-ring (bicyclic) bond motifs is 6. The van der Waals surface area contributed by atoms with Crippen LogP contribution in [0.2, 0.25) is 0 Å². The van der Waals surface area contributed by atoms with Crippen molar-refractivity contribution in [2.75, 3.05) is 4.90 Å². The minimum absolute atomic E-state index is 0.964. The van der Waals surface area contributed by atoms with E-state index in [2.05, 4.69) is 220 Å². The first-order chi connectivity index (χ1) is 30.9. The highest BCUT2D eigenvalue weighted by atomic mass is 15.1. The van der Waals surface area contributed by atoms with Crippen LogP contribution in [0.1, 0.15) is 38.8 Å². The summed E-state index contributed by atoms with van der Waals surface area (Å²) in [5.41, 5.74) is 8.16. The molecule has 310 valence electrons. The summed E-state index contributed by atoms with van der Waals surface area (Å²) in [7, 11) is 0. The summed E-state index contributed by atoms with van der Waals surface area (Å²) in [6, 6.07) is 69.4. The maximum Gasteiger partial charge on any atom is 0.0533 e. The number of hydrogen-bond acceptors (Lipinski definition) is 1. The fraction of sp³-hybridized carbons (Fsp3) is 0.0968. The number of nitrogens with zero attached hydrogens (tertiary/aromatic N) is 1. The van der Waals surface area contributed by atoms with Gasteiger partial charge in [0.25, 0.3) is 0 Å². The largest absolute Gasteiger partial charge is 0.310 e. The second-order valence-electron chi connectivity index (χ2n) is 15.4. The van der Waals surface area contributed by atoms with Crippen LogP contribution in [0, 0.1) is 13.8 Å². The number of allylic oxidation sites excluding steroid dienone is 2. The second kappa shape index (κ2) is 20.4. The fourth-order valence-electron chi connectivity index (χ4n) is 8.39. The molecular formula is C62H57N. The average Bonchev–Trinajstić information content (AvgIpc) is 3.34. The molecule has 10 rings (SSSR count). The highest BCUT2D eigenvalue weighted by molar-refractivity contribution is 6.17. The van der Waals surface area contributed by atoms with E-state index in [0.29, 0.717) is 0 Å². The van der Waals surface area contributed by atoms with Gasteiger partial charge < -0.3 is 4.90 Å². The molecule has 0 saturated heterocycles. The molecule has 0 spiro atoms. The van der Waals surface area contributed by atoms with Crippen molar-refractivity contribution in [3.8, 4) is 11.1 Å². The molecule has 10 aromatic rings. The van der Waals surface area contributed by atoms with Crippen molar-refractivity contribution in [3.05, 3.63) is 240 Å². The lowest BCUT2D eigenvalue weighted by molar-refractivity contribution is 1.29. The van der Waals surface area contributed by atoms with Gasteiger partial charge in [-0.25, -0.2) is 0 Å². The van der Waals surface area contributed by atoms with Crippen LogP contribution in [-0.2, 0) is 0 Å². The minimum Gasteiger partial charge on any atom is -0.310 e. The van der Waals surface area contributed by atoms with Gasteiger partial charge in [-0.05, 0) is 140 Å². The van der Waals surface area contributed by atoms with E-state index in [-0.39, 0.29) is 0 Å². The highest BCUT2D eigenvalue weighted by Crippen LogP contribution is 2.43. The quantitative estimate of drug-likeness (QED) is 0.0950. The van der Waals surface area contributed by atoms with Crippen molar-refractivity contribution in [3.63, 3.8) is 0 Å². The molecule has 0 unspecified atom stereocenters. The van der Waals surface area contributed by atoms with Crippen molar-refractivity contribution < 1.29 is 0 Å². The van der Waals surface area contributed by atoms with Crippen molar-refractivity contribution in [1.82, 2.24) is 0 Å². The SMILES string of the molecule is C/C=C\C.C=C/C(=c1/ccccc1=C)N(c1ccccc1)c1ccc2c(C)c3cc(C)ccc3c(-c3ccc4c(ccc5ccccc54)c3)c2c1.CC.c1ccc2ccccc2c1. The molecule has 0 bridgehead atoms. The fourth-order valence-corrected chi connectivity index (χ4v) is 8.39. The Kier molecular flexibility index (Phi) is 14.1. The van der Waals surface area contributed by atoms with Crippen molar-refractivity contribution in [2.24, 2.45) is 0 Å². The van der Waals surface area contributed by atoms with Gasteiger partial charge in [-0.1, -0.05) is 209 Å². The monoisotopic (exact) mass is 815 g/mol. The molecule has 0 saturated carbocycles. The molecular weight excluding hydrogens is 759 g/mol. The Morgan fingerprint density at radius 3 is 1.65 bits per heavy atom. The summed E-state index contributed by atoms with van der Waals surface area (Å²) >= 11 is 0. The number of rotatable bonds is 5. The Labute approximate surface area is 373 Å². The number of para-hydroxylation sites is 1. The molecule has 0 aliphatic rings. The molecule has 0 N–H and O–H groups in total. The van der Waals surface area contributed by atoms with E-state index in [1.807, 2.05) is 52.0 Å². The third-order valence-electron chi connectivity index (χ3n) is 11.6. The Morgan fingerprint density at radius 2 is 1.00 bits per heavy atom. The molecule has 0 amide bonds. The van der Waals surface area contributed by atoms with Gasteiger partial charge in [0.2, 0.25) is 0 Å².